The number of ether oxygens (including phenoxy) is 1. The highest BCUT2D eigenvalue weighted by Crippen LogP contribution is 2.30. The fraction of sp³-hybridized carbons (Fsp3) is 0.0909. The molecule has 160 valence electrons. The van der Waals surface area contributed by atoms with Gasteiger partial charge in [0.1, 0.15) is 0 Å². The third-order valence-electron chi connectivity index (χ3n) is 4.24. The van der Waals surface area contributed by atoms with E-state index >= 15 is 0 Å². The van der Waals surface area contributed by atoms with Crippen LogP contribution < -0.4 is 15.4 Å². The van der Waals surface area contributed by atoms with Gasteiger partial charge in [-0.3, -0.25) is 9.59 Å². The summed E-state index contributed by atoms with van der Waals surface area (Å²) in [6.45, 7) is 0. The summed E-state index contributed by atoms with van der Waals surface area (Å²) in [4.78, 5) is 24.8. The predicted molar refractivity (Wildman–Crippen MR) is 107 cm³/mol. The number of alkyl halides is 3. The van der Waals surface area contributed by atoms with Gasteiger partial charge in [0.25, 0.3) is 11.8 Å². The van der Waals surface area contributed by atoms with Crippen LogP contribution in [0.15, 0.2) is 66.7 Å². The minimum Gasteiger partial charge on any atom is -0.494 e. The van der Waals surface area contributed by atoms with E-state index in [4.69, 9.17) is 4.74 Å². The summed E-state index contributed by atoms with van der Waals surface area (Å²) < 4.78 is 57.1. The van der Waals surface area contributed by atoms with Gasteiger partial charge in [0, 0.05) is 22.5 Å². The first-order chi connectivity index (χ1) is 14.7. The molecule has 31 heavy (non-hydrogen) atoms. The molecule has 9 heteroatoms. The Labute approximate surface area is 174 Å². The normalized spacial score (nSPS) is 11.0. The zero-order valence-electron chi connectivity index (χ0n) is 16.1. The van der Waals surface area contributed by atoms with E-state index in [1.807, 2.05) is 0 Å². The Kier molecular flexibility index (Phi) is 6.24. The minimum atomic E-state index is -4.54. The summed E-state index contributed by atoms with van der Waals surface area (Å²) >= 11 is 0. The number of hydrogen-bond acceptors (Lipinski definition) is 3. The molecular weight excluding hydrogens is 416 g/mol. The summed E-state index contributed by atoms with van der Waals surface area (Å²) in [5.41, 5.74) is -0.521. The molecule has 0 radical (unpaired) electrons. The predicted octanol–water partition coefficient (Wildman–Crippen LogP) is 5.36. The van der Waals surface area contributed by atoms with Crippen LogP contribution in [0.3, 0.4) is 0 Å². The standard InChI is InChI=1S/C22H16F4N2O3/c1-31-19-9-8-14(11-18(19)23)21(30)27-16-6-2-4-13(10-16)20(29)28-17-7-3-5-15(12-17)22(24,25)26/h2-12H,1H3,(H,27,30)(H,28,29). The second-order valence-electron chi connectivity index (χ2n) is 6.42. The molecule has 2 amide bonds. The van der Waals surface area contributed by atoms with E-state index in [9.17, 15) is 27.2 Å². The maximum atomic E-state index is 13.8. The molecule has 3 rings (SSSR count). The van der Waals surface area contributed by atoms with Gasteiger partial charge in [-0.15, -0.1) is 0 Å². The number of hydrogen-bond donors (Lipinski definition) is 2. The smallest absolute Gasteiger partial charge is 0.416 e. The van der Waals surface area contributed by atoms with Crippen molar-refractivity contribution in [3.05, 3.63) is 89.2 Å². The van der Waals surface area contributed by atoms with E-state index in [0.717, 1.165) is 18.2 Å². The van der Waals surface area contributed by atoms with E-state index < -0.39 is 29.4 Å². The second kappa shape index (κ2) is 8.86. The number of carbonyl (C=O) groups excluding carboxylic acids is 2. The van der Waals surface area contributed by atoms with Crippen molar-refractivity contribution < 1.29 is 31.9 Å². The fourth-order valence-corrected chi connectivity index (χ4v) is 2.73. The topological polar surface area (TPSA) is 67.4 Å². The van der Waals surface area contributed by atoms with Crippen molar-refractivity contribution >= 4 is 23.2 Å². The molecule has 0 heterocycles. The van der Waals surface area contributed by atoms with Crippen LogP contribution in [0.5, 0.6) is 5.75 Å². The lowest BCUT2D eigenvalue weighted by Crippen LogP contribution is -2.15. The zero-order valence-corrected chi connectivity index (χ0v) is 16.1. The van der Waals surface area contributed by atoms with Gasteiger partial charge in [-0.25, -0.2) is 4.39 Å². The van der Waals surface area contributed by atoms with Gasteiger partial charge in [-0.2, -0.15) is 13.2 Å². The monoisotopic (exact) mass is 432 g/mol. The van der Waals surface area contributed by atoms with Crippen molar-refractivity contribution in [2.75, 3.05) is 17.7 Å². The molecule has 0 aliphatic carbocycles. The minimum absolute atomic E-state index is 0.00943. The number of halogens is 4. The van der Waals surface area contributed by atoms with Gasteiger partial charge in [-0.05, 0) is 54.6 Å². The highest BCUT2D eigenvalue weighted by molar-refractivity contribution is 6.07. The van der Waals surface area contributed by atoms with Gasteiger partial charge in [-0.1, -0.05) is 12.1 Å². The first kappa shape index (κ1) is 21.8. The molecule has 0 saturated carbocycles. The molecule has 2 N–H and O–H groups in total. The quantitative estimate of drug-likeness (QED) is 0.534. The number of amides is 2. The van der Waals surface area contributed by atoms with Gasteiger partial charge in [0.15, 0.2) is 11.6 Å². The summed E-state index contributed by atoms with van der Waals surface area (Å²) in [6.07, 6.45) is -4.54. The molecule has 0 spiro atoms. The van der Waals surface area contributed by atoms with Crippen LogP contribution in [-0.2, 0) is 6.18 Å². The molecule has 0 saturated heterocycles. The van der Waals surface area contributed by atoms with Crippen LogP contribution in [-0.4, -0.2) is 18.9 Å². The lowest BCUT2D eigenvalue weighted by molar-refractivity contribution is -0.137. The lowest BCUT2D eigenvalue weighted by atomic mass is 10.1. The van der Waals surface area contributed by atoms with Gasteiger partial charge < -0.3 is 15.4 Å². The van der Waals surface area contributed by atoms with Crippen molar-refractivity contribution in [3.63, 3.8) is 0 Å². The molecule has 3 aromatic rings. The lowest BCUT2D eigenvalue weighted by Gasteiger charge is -2.11. The number of benzene rings is 3. The first-order valence-corrected chi connectivity index (χ1v) is 8.91. The number of carbonyl (C=O) groups is 2. The SMILES string of the molecule is COc1ccc(C(=O)Nc2cccc(C(=O)Nc3cccc(C(F)(F)F)c3)c2)cc1F. The summed E-state index contributed by atoms with van der Waals surface area (Å²) in [5.74, 6) is -1.99. The third kappa shape index (κ3) is 5.39. The first-order valence-electron chi connectivity index (χ1n) is 8.91. The van der Waals surface area contributed by atoms with E-state index in [-0.39, 0.29) is 28.3 Å². The number of methoxy groups -OCH3 is 1. The highest BCUT2D eigenvalue weighted by atomic mass is 19.4. The molecule has 0 fully saturated rings. The molecule has 0 bridgehead atoms. The van der Waals surface area contributed by atoms with Crippen LogP contribution >= 0.6 is 0 Å². The van der Waals surface area contributed by atoms with E-state index in [1.54, 1.807) is 0 Å². The van der Waals surface area contributed by atoms with E-state index in [0.29, 0.717) is 0 Å². The van der Waals surface area contributed by atoms with Crippen molar-refractivity contribution in [1.82, 2.24) is 0 Å². The van der Waals surface area contributed by atoms with Gasteiger partial charge >= 0.3 is 6.18 Å². The molecular formula is C22H16F4N2O3. The summed E-state index contributed by atoms with van der Waals surface area (Å²) in [6, 6.07) is 13.7. The van der Waals surface area contributed by atoms with Crippen molar-refractivity contribution in [2.45, 2.75) is 6.18 Å². The zero-order chi connectivity index (χ0) is 22.6. The van der Waals surface area contributed by atoms with Gasteiger partial charge in [0.2, 0.25) is 0 Å². The maximum Gasteiger partial charge on any atom is 0.416 e. The van der Waals surface area contributed by atoms with Crippen LogP contribution in [0.1, 0.15) is 26.3 Å². The molecule has 0 aliphatic heterocycles. The Morgan fingerprint density at radius 1 is 0.806 bits per heavy atom. The average molecular weight is 432 g/mol. The second-order valence-corrected chi connectivity index (χ2v) is 6.42. The molecule has 0 atom stereocenters. The van der Waals surface area contributed by atoms with Gasteiger partial charge in [0.05, 0.1) is 12.7 Å². The Hall–Kier alpha value is -3.88. The Balaban J connectivity index is 1.73. The Morgan fingerprint density at radius 3 is 1.97 bits per heavy atom. The maximum absolute atomic E-state index is 13.8. The molecule has 0 unspecified atom stereocenters. The van der Waals surface area contributed by atoms with Crippen LogP contribution in [0.4, 0.5) is 28.9 Å². The highest BCUT2D eigenvalue weighted by Gasteiger charge is 2.30. The number of rotatable bonds is 5. The van der Waals surface area contributed by atoms with E-state index in [2.05, 4.69) is 10.6 Å². The molecule has 3 aromatic carbocycles. The third-order valence-corrected chi connectivity index (χ3v) is 4.24. The van der Waals surface area contributed by atoms with Crippen LogP contribution in [0.25, 0.3) is 0 Å². The van der Waals surface area contributed by atoms with Crippen LogP contribution in [0.2, 0.25) is 0 Å². The molecule has 0 aliphatic rings. The Bertz CT molecular complexity index is 1130. The van der Waals surface area contributed by atoms with Crippen molar-refractivity contribution in [3.8, 4) is 5.75 Å². The molecule has 0 aromatic heterocycles. The Morgan fingerprint density at radius 2 is 1.39 bits per heavy atom. The van der Waals surface area contributed by atoms with Crippen molar-refractivity contribution in [1.29, 1.82) is 0 Å². The van der Waals surface area contributed by atoms with Crippen molar-refractivity contribution in [2.24, 2.45) is 0 Å². The van der Waals surface area contributed by atoms with E-state index in [1.165, 1.54) is 55.6 Å². The number of anilines is 2. The summed E-state index contributed by atoms with van der Waals surface area (Å²) in [5, 5.41) is 4.92. The van der Waals surface area contributed by atoms with Crippen LogP contribution in [0, 0.1) is 5.82 Å². The largest absolute Gasteiger partial charge is 0.494 e. The number of nitrogens with one attached hydrogen (secondary N) is 2. The fourth-order valence-electron chi connectivity index (χ4n) is 2.73. The molecule has 5 nitrogen and oxygen atoms in total. The average Bonchev–Trinajstić information content (AvgIpc) is 2.73. The summed E-state index contributed by atoms with van der Waals surface area (Å²) in [7, 11) is 1.30.